The van der Waals surface area contributed by atoms with Gasteiger partial charge in [-0.15, -0.1) is 0 Å². The molecule has 0 fully saturated rings. The first-order chi connectivity index (χ1) is 13.1. The molecule has 27 heavy (non-hydrogen) atoms. The predicted octanol–water partition coefficient (Wildman–Crippen LogP) is 6.96. The minimum Gasteiger partial charge on any atom is -0.493 e. The average molecular weight is 467 g/mol. The Morgan fingerprint density at radius 2 is 1.78 bits per heavy atom. The Morgan fingerprint density at radius 3 is 2.52 bits per heavy atom. The highest BCUT2D eigenvalue weighted by Gasteiger charge is 2.14. The summed E-state index contributed by atoms with van der Waals surface area (Å²) in [6, 6.07) is 19.2. The summed E-state index contributed by atoms with van der Waals surface area (Å²) in [4.78, 5) is 0. The van der Waals surface area contributed by atoms with Gasteiger partial charge in [-0.2, -0.15) is 0 Å². The van der Waals surface area contributed by atoms with Crippen LogP contribution in [-0.2, 0) is 13.2 Å². The van der Waals surface area contributed by atoms with Crippen LogP contribution in [0.2, 0.25) is 10.0 Å². The first-order valence-corrected chi connectivity index (χ1v) is 9.84. The van der Waals surface area contributed by atoms with Crippen molar-refractivity contribution in [2.45, 2.75) is 13.2 Å². The van der Waals surface area contributed by atoms with Gasteiger partial charge in [-0.25, -0.2) is 0 Å². The van der Waals surface area contributed by atoms with Gasteiger partial charge in [-0.3, -0.25) is 0 Å². The maximum atomic E-state index is 6.25. The number of anilines is 1. The largest absolute Gasteiger partial charge is 0.493 e. The van der Waals surface area contributed by atoms with Crippen molar-refractivity contribution in [1.29, 1.82) is 0 Å². The highest BCUT2D eigenvalue weighted by atomic mass is 79.9. The van der Waals surface area contributed by atoms with Gasteiger partial charge in [0.15, 0.2) is 11.5 Å². The zero-order valence-electron chi connectivity index (χ0n) is 14.6. The van der Waals surface area contributed by atoms with Crippen molar-refractivity contribution >= 4 is 44.8 Å². The van der Waals surface area contributed by atoms with E-state index >= 15 is 0 Å². The molecule has 3 aromatic rings. The molecule has 0 atom stereocenters. The number of rotatable bonds is 7. The van der Waals surface area contributed by atoms with E-state index in [9.17, 15) is 0 Å². The van der Waals surface area contributed by atoms with E-state index in [1.807, 2.05) is 42.5 Å². The van der Waals surface area contributed by atoms with Crippen molar-refractivity contribution in [2.75, 3.05) is 12.4 Å². The summed E-state index contributed by atoms with van der Waals surface area (Å²) in [6.45, 7) is 0.948. The number of methoxy groups -OCH3 is 1. The normalized spacial score (nSPS) is 10.5. The second kappa shape index (κ2) is 9.36. The van der Waals surface area contributed by atoms with Gasteiger partial charge in [0.25, 0.3) is 0 Å². The lowest BCUT2D eigenvalue weighted by molar-refractivity contribution is 0.281. The van der Waals surface area contributed by atoms with Crippen LogP contribution in [0, 0.1) is 0 Å². The summed E-state index contributed by atoms with van der Waals surface area (Å²) >= 11 is 15.8. The Balaban J connectivity index is 1.84. The zero-order valence-corrected chi connectivity index (χ0v) is 17.7. The van der Waals surface area contributed by atoms with Gasteiger partial charge in [0.2, 0.25) is 0 Å². The lowest BCUT2D eigenvalue weighted by Gasteiger charge is -2.17. The summed E-state index contributed by atoms with van der Waals surface area (Å²) in [5.41, 5.74) is 2.78. The SMILES string of the molecule is COc1cc(Br)cc(CNc2cc(Cl)ccc2Cl)c1OCc1ccccc1. The molecule has 3 aromatic carbocycles. The Kier molecular flexibility index (Phi) is 6.89. The van der Waals surface area contributed by atoms with Gasteiger partial charge in [0, 0.05) is 21.6 Å². The Bertz CT molecular complexity index is 920. The van der Waals surface area contributed by atoms with Gasteiger partial charge in [0.1, 0.15) is 6.61 Å². The van der Waals surface area contributed by atoms with Gasteiger partial charge in [-0.05, 0) is 35.9 Å². The lowest BCUT2D eigenvalue weighted by Crippen LogP contribution is -2.06. The number of hydrogen-bond donors (Lipinski definition) is 1. The highest BCUT2D eigenvalue weighted by molar-refractivity contribution is 9.10. The van der Waals surface area contributed by atoms with E-state index in [0.29, 0.717) is 34.7 Å². The van der Waals surface area contributed by atoms with E-state index in [1.165, 1.54) is 0 Å². The average Bonchev–Trinajstić information content (AvgIpc) is 2.68. The van der Waals surface area contributed by atoms with E-state index < -0.39 is 0 Å². The minimum absolute atomic E-state index is 0.448. The molecule has 0 spiro atoms. The first-order valence-electron chi connectivity index (χ1n) is 8.29. The molecule has 0 saturated carbocycles. The van der Waals surface area contributed by atoms with Gasteiger partial charge >= 0.3 is 0 Å². The molecule has 0 aromatic heterocycles. The molecule has 0 aliphatic heterocycles. The standard InChI is InChI=1S/C21H18BrCl2NO2/c1-26-20-10-16(22)9-15(12-25-19-11-17(23)7-8-18(19)24)21(20)27-13-14-5-3-2-4-6-14/h2-11,25H,12-13H2,1H3. The summed E-state index contributed by atoms with van der Waals surface area (Å²) < 4.78 is 12.5. The third-order valence-corrected chi connectivity index (χ3v) is 4.96. The van der Waals surface area contributed by atoms with Gasteiger partial charge in [-0.1, -0.05) is 69.5 Å². The van der Waals surface area contributed by atoms with Gasteiger partial charge in [0.05, 0.1) is 17.8 Å². The van der Waals surface area contributed by atoms with Crippen molar-refractivity contribution in [2.24, 2.45) is 0 Å². The number of ether oxygens (including phenoxy) is 2. The van der Waals surface area contributed by atoms with Crippen LogP contribution in [0.1, 0.15) is 11.1 Å². The highest BCUT2D eigenvalue weighted by Crippen LogP contribution is 2.36. The van der Waals surface area contributed by atoms with E-state index in [0.717, 1.165) is 21.3 Å². The fraction of sp³-hybridized carbons (Fsp3) is 0.143. The van der Waals surface area contributed by atoms with Crippen LogP contribution in [0.3, 0.4) is 0 Å². The molecule has 0 unspecified atom stereocenters. The fourth-order valence-electron chi connectivity index (χ4n) is 2.62. The molecule has 0 amide bonds. The maximum Gasteiger partial charge on any atom is 0.166 e. The van der Waals surface area contributed by atoms with Crippen LogP contribution in [0.25, 0.3) is 0 Å². The van der Waals surface area contributed by atoms with Crippen LogP contribution in [0.4, 0.5) is 5.69 Å². The molecular formula is C21H18BrCl2NO2. The molecule has 0 aliphatic rings. The maximum absolute atomic E-state index is 6.25. The lowest BCUT2D eigenvalue weighted by atomic mass is 10.1. The smallest absolute Gasteiger partial charge is 0.166 e. The van der Waals surface area contributed by atoms with Crippen molar-refractivity contribution < 1.29 is 9.47 Å². The Labute approximate surface area is 177 Å². The van der Waals surface area contributed by atoms with E-state index in [1.54, 1.807) is 25.3 Å². The van der Waals surface area contributed by atoms with Crippen LogP contribution in [-0.4, -0.2) is 7.11 Å². The molecule has 3 rings (SSSR count). The minimum atomic E-state index is 0.448. The molecule has 3 nitrogen and oxygen atoms in total. The van der Waals surface area contributed by atoms with E-state index in [4.69, 9.17) is 32.7 Å². The Hall–Kier alpha value is -1.88. The number of benzene rings is 3. The summed E-state index contributed by atoms with van der Waals surface area (Å²) in [5, 5.41) is 4.54. The van der Waals surface area contributed by atoms with Crippen LogP contribution < -0.4 is 14.8 Å². The summed E-state index contributed by atoms with van der Waals surface area (Å²) in [7, 11) is 1.63. The first kappa shape index (κ1) is 19.9. The molecule has 0 radical (unpaired) electrons. The van der Waals surface area contributed by atoms with Crippen LogP contribution in [0.15, 0.2) is 65.1 Å². The quantitative estimate of drug-likeness (QED) is 0.408. The fourth-order valence-corrected chi connectivity index (χ4v) is 3.46. The van der Waals surface area contributed by atoms with Gasteiger partial charge < -0.3 is 14.8 Å². The van der Waals surface area contributed by atoms with Crippen LogP contribution in [0.5, 0.6) is 11.5 Å². The van der Waals surface area contributed by atoms with Crippen molar-refractivity contribution in [3.63, 3.8) is 0 Å². The third-order valence-electron chi connectivity index (χ3n) is 3.94. The number of hydrogen-bond acceptors (Lipinski definition) is 3. The van der Waals surface area contributed by atoms with Crippen LogP contribution >= 0.6 is 39.1 Å². The topological polar surface area (TPSA) is 30.5 Å². The zero-order chi connectivity index (χ0) is 19.2. The molecule has 140 valence electrons. The summed E-state index contributed by atoms with van der Waals surface area (Å²) in [5.74, 6) is 1.35. The Morgan fingerprint density at radius 1 is 1.00 bits per heavy atom. The predicted molar refractivity (Wildman–Crippen MR) is 115 cm³/mol. The number of halogens is 3. The summed E-state index contributed by atoms with van der Waals surface area (Å²) in [6.07, 6.45) is 0. The molecule has 0 saturated heterocycles. The number of nitrogens with one attached hydrogen (secondary N) is 1. The second-order valence-corrected chi connectivity index (χ2v) is 7.61. The molecule has 0 heterocycles. The second-order valence-electron chi connectivity index (χ2n) is 5.85. The third kappa shape index (κ3) is 5.32. The molecule has 6 heteroatoms. The molecular weight excluding hydrogens is 449 g/mol. The van der Waals surface area contributed by atoms with Crippen molar-refractivity contribution in [1.82, 2.24) is 0 Å². The van der Waals surface area contributed by atoms with E-state index in [-0.39, 0.29) is 0 Å². The molecule has 0 bridgehead atoms. The molecule has 0 aliphatic carbocycles. The molecule has 1 N–H and O–H groups in total. The van der Waals surface area contributed by atoms with Crippen molar-refractivity contribution in [3.05, 3.63) is 86.3 Å². The monoisotopic (exact) mass is 465 g/mol. The van der Waals surface area contributed by atoms with Crippen molar-refractivity contribution in [3.8, 4) is 11.5 Å². The van der Waals surface area contributed by atoms with E-state index in [2.05, 4.69) is 21.2 Å².